The van der Waals surface area contributed by atoms with Gasteiger partial charge < -0.3 is 4.90 Å². The van der Waals surface area contributed by atoms with Crippen molar-refractivity contribution in [1.29, 1.82) is 0 Å². The first kappa shape index (κ1) is 14.0. The van der Waals surface area contributed by atoms with Crippen LogP contribution in [0.5, 0.6) is 0 Å². The first-order valence-corrected chi connectivity index (χ1v) is 8.64. The molecule has 0 amide bonds. The molecule has 1 saturated carbocycles. The highest BCUT2D eigenvalue weighted by Gasteiger charge is 2.31. The molecule has 0 N–H and O–H groups in total. The van der Waals surface area contributed by atoms with Gasteiger partial charge in [-0.3, -0.25) is 9.88 Å². The van der Waals surface area contributed by atoms with E-state index in [4.69, 9.17) is 4.98 Å². The fourth-order valence-corrected chi connectivity index (χ4v) is 4.16. The van der Waals surface area contributed by atoms with Gasteiger partial charge in [-0.25, -0.2) is 0 Å². The molecule has 1 aromatic heterocycles. The summed E-state index contributed by atoms with van der Waals surface area (Å²) in [7, 11) is 0. The number of para-hydroxylation sites is 1. The van der Waals surface area contributed by atoms with Crippen molar-refractivity contribution in [2.45, 2.75) is 52.1 Å². The smallest absolute Gasteiger partial charge is 0.0752 e. The molecule has 0 bridgehead atoms. The van der Waals surface area contributed by atoms with Gasteiger partial charge in [0.2, 0.25) is 0 Å². The average molecular weight is 295 g/mol. The summed E-state index contributed by atoms with van der Waals surface area (Å²) < 4.78 is 0. The van der Waals surface area contributed by atoms with Gasteiger partial charge >= 0.3 is 0 Å². The van der Waals surface area contributed by atoms with E-state index in [1.807, 2.05) is 0 Å². The van der Waals surface area contributed by atoms with Crippen molar-refractivity contribution in [2.24, 2.45) is 0 Å². The van der Waals surface area contributed by atoms with E-state index in [-0.39, 0.29) is 0 Å². The second-order valence-electron chi connectivity index (χ2n) is 6.80. The molecule has 0 radical (unpaired) electrons. The van der Waals surface area contributed by atoms with Gasteiger partial charge in [-0.05, 0) is 31.9 Å². The topological polar surface area (TPSA) is 19.4 Å². The fraction of sp³-hybridized carbons (Fsp3) is 0.526. The maximum atomic E-state index is 4.77. The van der Waals surface area contributed by atoms with Crippen LogP contribution < -0.4 is 4.90 Å². The Hall–Kier alpha value is -1.61. The van der Waals surface area contributed by atoms with E-state index >= 15 is 0 Å². The molecule has 22 heavy (non-hydrogen) atoms. The van der Waals surface area contributed by atoms with E-state index in [0.717, 1.165) is 19.8 Å². The van der Waals surface area contributed by atoms with Crippen LogP contribution in [-0.2, 0) is 6.54 Å². The third kappa shape index (κ3) is 2.19. The number of aromatic nitrogens is 1. The predicted octanol–water partition coefficient (Wildman–Crippen LogP) is 4.09. The van der Waals surface area contributed by atoms with E-state index in [2.05, 4.69) is 48.0 Å². The number of benzene rings is 1. The standard InChI is InChI=1S/C19H25N3/c1-3-21-12-15-11-20-18-14(2)7-6-10-17(18)19(15)22(13-21)16-8-4-5-9-16/h6-7,10-11,16H,3-5,8-9,12-13H2,1-2H3. The molecule has 1 aliphatic heterocycles. The minimum absolute atomic E-state index is 0.708. The first-order valence-electron chi connectivity index (χ1n) is 8.64. The van der Waals surface area contributed by atoms with Crippen LogP contribution in [0.4, 0.5) is 5.69 Å². The molecular weight excluding hydrogens is 270 g/mol. The van der Waals surface area contributed by atoms with Crippen molar-refractivity contribution in [2.75, 3.05) is 18.1 Å². The summed E-state index contributed by atoms with van der Waals surface area (Å²) in [6.45, 7) is 7.64. The fourth-order valence-electron chi connectivity index (χ4n) is 4.16. The molecule has 116 valence electrons. The Bertz CT molecular complexity index is 688. The molecule has 3 heteroatoms. The summed E-state index contributed by atoms with van der Waals surface area (Å²) in [5.41, 5.74) is 5.32. The molecule has 0 unspecified atom stereocenters. The van der Waals surface area contributed by atoms with E-state index < -0.39 is 0 Å². The monoisotopic (exact) mass is 295 g/mol. The molecule has 3 nitrogen and oxygen atoms in total. The first-order chi connectivity index (χ1) is 10.8. The van der Waals surface area contributed by atoms with Gasteiger partial charge in [0.25, 0.3) is 0 Å². The van der Waals surface area contributed by atoms with Crippen LogP contribution in [0.3, 0.4) is 0 Å². The van der Waals surface area contributed by atoms with Crippen LogP contribution in [-0.4, -0.2) is 29.1 Å². The third-order valence-corrected chi connectivity index (χ3v) is 5.39. The third-order valence-electron chi connectivity index (χ3n) is 5.39. The lowest BCUT2D eigenvalue weighted by molar-refractivity contribution is 0.255. The molecule has 1 fully saturated rings. The summed E-state index contributed by atoms with van der Waals surface area (Å²) >= 11 is 0. The van der Waals surface area contributed by atoms with Gasteiger partial charge in [0, 0.05) is 29.7 Å². The van der Waals surface area contributed by atoms with Gasteiger partial charge in [0.1, 0.15) is 0 Å². The summed E-state index contributed by atoms with van der Waals surface area (Å²) in [4.78, 5) is 9.98. The summed E-state index contributed by atoms with van der Waals surface area (Å²) in [5, 5.41) is 1.35. The van der Waals surface area contributed by atoms with Crippen LogP contribution in [0.25, 0.3) is 10.9 Å². The quantitative estimate of drug-likeness (QED) is 0.832. The molecule has 1 aliphatic carbocycles. The Balaban J connectivity index is 1.89. The van der Waals surface area contributed by atoms with Crippen LogP contribution in [0.1, 0.15) is 43.7 Å². The van der Waals surface area contributed by atoms with Gasteiger partial charge in [-0.1, -0.05) is 38.0 Å². The average Bonchev–Trinajstić information content (AvgIpc) is 3.08. The molecule has 1 aromatic carbocycles. The molecule has 0 spiro atoms. The van der Waals surface area contributed by atoms with Crippen molar-refractivity contribution in [3.05, 3.63) is 35.5 Å². The maximum absolute atomic E-state index is 4.77. The van der Waals surface area contributed by atoms with Gasteiger partial charge in [-0.15, -0.1) is 0 Å². The number of nitrogens with zero attached hydrogens (tertiary/aromatic N) is 3. The highest BCUT2D eigenvalue weighted by Crippen LogP contribution is 2.38. The Morgan fingerprint density at radius 3 is 2.82 bits per heavy atom. The molecular formula is C19H25N3. The lowest BCUT2D eigenvalue weighted by atomic mass is 10.0. The van der Waals surface area contributed by atoms with Crippen LogP contribution in [0.2, 0.25) is 0 Å². The zero-order valence-electron chi connectivity index (χ0n) is 13.7. The van der Waals surface area contributed by atoms with Crippen molar-refractivity contribution in [3.8, 4) is 0 Å². The number of hydrogen-bond acceptors (Lipinski definition) is 3. The Morgan fingerprint density at radius 2 is 2.05 bits per heavy atom. The van der Waals surface area contributed by atoms with Gasteiger partial charge in [0.05, 0.1) is 17.9 Å². The lowest BCUT2D eigenvalue weighted by Crippen LogP contribution is -2.46. The number of anilines is 1. The summed E-state index contributed by atoms with van der Waals surface area (Å²) in [5.74, 6) is 0. The van der Waals surface area contributed by atoms with E-state index in [1.54, 1.807) is 0 Å². The minimum atomic E-state index is 0.708. The molecule has 4 rings (SSSR count). The van der Waals surface area contributed by atoms with E-state index in [1.165, 1.54) is 53.4 Å². The van der Waals surface area contributed by atoms with Crippen LogP contribution in [0.15, 0.2) is 24.4 Å². The van der Waals surface area contributed by atoms with Gasteiger partial charge in [0.15, 0.2) is 0 Å². The second-order valence-corrected chi connectivity index (χ2v) is 6.80. The molecule has 2 aliphatic rings. The van der Waals surface area contributed by atoms with Crippen LogP contribution >= 0.6 is 0 Å². The highest BCUT2D eigenvalue weighted by atomic mass is 15.3. The summed E-state index contributed by atoms with van der Waals surface area (Å²) in [6, 6.07) is 7.32. The Labute approximate surface area is 132 Å². The molecule has 2 heterocycles. The molecule has 0 saturated heterocycles. The lowest BCUT2D eigenvalue weighted by Gasteiger charge is -2.42. The molecule has 0 atom stereocenters. The predicted molar refractivity (Wildman–Crippen MR) is 92.2 cm³/mol. The maximum Gasteiger partial charge on any atom is 0.0752 e. The largest absolute Gasteiger partial charge is 0.355 e. The number of aryl methyl sites for hydroxylation is 1. The minimum Gasteiger partial charge on any atom is -0.355 e. The Morgan fingerprint density at radius 1 is 1.23 bits per heavy atom. The Kier molecular flexibility index (Phi) is 3.53. The van der Waals surface area contributed by atoms with E-state index in [9.17, 15) is 0 Å². The molecule has 2 aromatic rings. The van der Waals surface area contributed by atoms with Crippen molar-refractivity contribution in [1.82, 2.24) is 9.88 Å². The zero-order valence-corrected chi connectivity index (χ0v) is 13.7. The van der Waals surface area contributed by atoms with Crippen molar-refractivity contribution < 1.29 is 0 Å². The van der Waals surface area contributed by atoms with Crippen molar-refractivity contribution >= 4 is 16.6 Å². The second kappa shape index (κ2) is 5.54. The number of hydrogen-bond donors (Lipinski definition) is 0. The number of fused-ring (bicyclic) bond motifs is 3. The highest BCUT2D eigenvalue weighted by molar-refractivity contribution is 5.95. The van der Waals surface area contributed by atoms with Gasteiger partial charge in [-0.2, -0.15) is 0 Å². The number of pyridine rings is 1. The van der Waals surface area contributed by atoms with Crippen LogP contribution in [0, 0.1) is 6.92 Å². The zero-order chi connectivity index (χ0) is 15.1. The van der Waals surface area contributed by atoms with Crippen molar-refractivity contribution in [3.63, 3.8) is 0 Å². The van der Waals surface area contributed by atoms with E-state index in [0.29, 0.717) is 6.04 Å². The number of rotatable bonds is 2. The SMILES string of the molecule is CCN1Cc2cnc3c(C)cccc3c2N(C2CCCC2)C1. The summed E-state index contributed by atoms with van der Waals surface area (Å²) in [6.07, 6.45) is 7.56. The normalized spacial score (nSPS) is 19.8.